The van der Waals surface area contributed by atoms with Crippen LogP contribution < -0.4 is 0 Å². The number of benzene rings is 8. The van der Waals surface area contributed by atoms with Crippen molar-refractivity contribution >= 4 is 21.5 Å². The molecular formula is C54H40N2. The van der Waals surface area contributed by atoms with Crippen molar-refractivity contribution in [2.75, 3.05) is 0 Å². The van der Waals surface area contributed by atoms with Crippen LogP contribution in [0.25, 0.3) is 88.8 Å². The molecule has 0 N–H and O–H groups in total. The molecule has 1 aromatic heterocycles. The van der Waals surface area contributed by atoms with E-state index in [4.69, 9.17) is 9.97 Å². The van der Waals surface area contributed by atoms with Crippen LogP contribution in [0.4, 0.5) is 0 Å². The predicted molar refractivity (Wildman–Crippen MR) is 234 cm³/mol. The third-order valence-corrected chi connectivity index (χ3v) is 12.7. The van der Waals surface area contributed by atoms with Crippen molar-refractivity contribution in [2.45, 2.75) is 38.5 Å². The average Bonchev–Trinajstić information content (AvgIpc) is 3.60. The first-order chi connectivity index (χ1) is 27.3. The number of hydrogen-bond donors (Lipinski definition) is 0. The third kappa shape index (κ3) is 4.82. The lowest BCUT2D eigenvalue weighted by molar-refractivity contribution is 0.661. The molecule has 0 fully saturated rings. The first-order valence-electron chi connectivity index (χ1n) is 19.7. The molecule has 2 nitrogen and oxygen atoms in total. The van der Waals surface area contributed by atoms with Gasteiger partial charge in [0.2, 0.25) is 0 Å². The van der Waals surface area contributed by atoms with E-state index in [1.807, 2.05) is 6.07 Å². The van der Waals surface area contributed by atoms with Crippen molar-refractivity contribution in [1.82, 2.24) is 9.97 Å². The van der Waals surface area contributed by atoms with Crippen LogP contribution in [-0.4, -0.2) is 9.97 Å². The Balaban J connectivity index is 1.06. The Morgan fingerprint density at radius 2 is 0.786 bits per heavy atom. The topological polar surface area (TPSA) is 25.8 Å². The number of nitrogens with zero attached hydrogens (tertiary/aromatic N) is 2. The normalized spacial score (nSPS) is 14.4. The summed E-state index contributed by atoms with van der Waals surface area (Å²) in [5.74, 6) is 0.725. The van der Waals surface area contributed by atoms with Gasteiger partial charge in [0, 0.05) is 27.5 Å². The van der Waals surface area contributed by atoms with Gasteiger partial charge >= 0.3 is 0 Å². The molecule has 266 valence electrons. The second-order valence-corrected chi connectivity index (χ2v) is 16.6. The highest BCUT2D eigenvalue weighted by Gasteiger charge is 2.38. The molecule has 0 bridgehead atoms. The van der Waals surface area contributed by atoms with Gasteiger partial charge in [0.1, 0.15) is 0 Å². The number of fused-ring (bicyclic) bond motifs is 8. The first kappa shape index (κ1) is 32.8. The highest BCUT2D eigenvalue weighted by atomic mass is 14.9. The SMILES string of the molecule is CC1(C)c2cc3ccccc3cc2-c2c(-c3ccc(-c4cc(-c5cccc6c5-c5cc7ccccc7cc5C6(C)C)nc(-c5ccccc5)n4)cc3)cccc21. The molecule has 0 spiro atoms. The van der Waals surface area contributed by atoms with Gasteiger partial charge in [-0.25, -0.2) is 9.97 Å². The van der Waals surface area contributed by atoms with Crippen LogP contribution in [0.1, 0.15) is 49.9 Å². The largest absolute Gasteiger partial charge is 0.228 e. The van der Waals surface area contributed by atoms with E-state index in [-0.39, 0.29) is 10.8 Å². The lowest BCUT2D eigenvalue weighted by Gasteiger charge is -2.22. The van der Waals surface area contributed by atoms with Crippen LogP contribution in [-0.2, 0) is 10.8 Å². The Bertz CT molecular complexity index is 3060. The highest BCUT2D eigenvalue weighted by molar-refractivity contribution is 6.00. The summed E-state index contributed by atoms with van der Waals surface area (Å²) in [6.07, 6.45) is 0. The minimum absolute atomic E-state index is 0.0870. The third-order valence-electron chi connectivity index (χ3n) is 12.7. The lowest BCUT2D eigenvalue weighted by Crippen LogP contribution is -2.14. The highest BCUT2D eigenvalue weighted by Crippen LogP contribution is 2.54. The maximum absolute atomic E-state index is 5.31. The van der Waals surface area contributed by atoms with Gasteiger partial charge in [-0.3, -0.25) is 0 Å². The second-order valence-electron chi connectivity index (χ2n) is 16.6. The zero-order valence-electron chi connectivity index (χ0n) is 32.1. The summed E-state index contributed by atoms with van der Waals surface area (Å²) in [7, 11) is 0. The van der Waals surface area contributed by atoms with Crippen LogP contribution in [0.2, 0.25) is 0 Å². The molecular weight excluding hydrogens is 677 g/mol. The van der Waals surface area contributed by atoms with Gasteiger partial charge in [0.25, 0.3) is 0 Å². The van der Waals surface area contributed by atoms with E-state index < -0.39 is 0 Å². The van der Waals surface area contributed by atoms with E-state index in [0.29, 0.717) is 0 Å². The fourth-order valence-electron chi connectivity index (χ4n) is 9.67. The summed E-state index contributed by atoms with van der Waals surface area (Å²) < 4.78 is 0. The van der Waals surface area contributed by atoms with E-state index in [9.17, 15) is 0 Å². The minimum Gasteiger partial charge on any atom is -0.228 e. The summed E-state index contributed by atoms with van der Waals surface area (Å²) in [6.45, 7) is 9.42. The van der Waals surface area contributed by atoms with Gasteiger partial charge in [-0.1, -0.05) is 167 Å². The average molecular weight is 717 g/mol. The Kier molecular flexibility index (Phi) is 6.98. The van der Waals surface area contributed by atoms with Crippen LogP contribution in [0, 0.1) is 0 Å². The maximum atomic E-state index is 5.31. The minimum atomic E-state index is -0.140. The molecule has 11 rings (SSSR count). The number of hydrogen-bond acceptors (Lipinski definition) is 2. The van der Waals surface area contributed by atoms with E-state index in [1.54, 1.807) is 0 Å². The predicted octanol–water partition coefficient (Wildman–Crippen LogP) is 14.1. The Morgan fingerprint density at radius 1 is 0.321 bits per heavy atom. The fraction of sp³-hybridized carbons (Fsp3) is 0.111. The molecule has 9 aromatic rings. The quantitative estimate of drug-likeness (QED) is 0.181. The van der Waals surface area contributed by atoms with Gasteiger partial charge in [-0.2, -0.15) is 0 Å². The Hall–Kier alpha value is -6.64. The molecule has 0 radical (unpaired) electrons. The Morgan fingerprint density at radius 3 is 1.36 bits per heavy atom. The van der Waals surface area contributed by atoms with Crippen LogP contribution in [0.3, 0.4) is 0 Å². The maximum Gasteiger partial charge on any atom is 0.160 e. The smallest absolute Gasteiger partial charge is 0.160 e. The monoisotopic (exact) mass is 716 g/mol. The van der Waals surface area contributed by atoms with Gasteiger partial charge in [-0.05, 0) is 108 Å². The molecule has 0 aliphatic heterocycles. The number of aromatic nitrogens is 2. The molecule has 8 aromatic carbocycles. The summed E-state index contributed by atoms with van der Waals surface area (Å²) in [4.78, 5) is 10.5. The van der Waals surface area contributed by atoms with Crippen molar-refractivity contribution in [3.05, 3.63) is 192 Å². The van der Waals surface area contributed by atoms with Crippen molar-refractivity contribution in [2.24, 2.45) is 0 Å². The van der Waals surface area contributed by atoms with Gasteiger partial charge in [-0.15, -0.1) is 0 Å². The summed E-state index contributed by atoms with van der Waals surface area (Å²) >= 11 is 0. The van der Waals surface area contributed by atoms with Gasteiger partial charge < -0.3 is 0 Å². The molecule has 0 saturated carbocycles. The van der Waals surface area contributed by atoms with Crippen molar-refractivity contribution in [1.29, 1.82) is 0 Å². The van der Waals surface area contributed by atoms with Gasteiger partial charge in [0.05, 0.1) is 11.4 Å². The molecule has 1 heterocycles. The van der Waals surface area contributed by atoms with Crippen LogP contribution in [0.15, 0.2) is 170 Å². The van der Waals surface area contributed by atoms with Crippen LogP contribution >= 0.6 is 0 Å². The standard InChI is InChI=1S/C54H40N2/c1-53(2)44-22-12-20-40(50(44)42-28-36-16-8-10-18-38(36)30-46(42)53)33-24-26-34(27-25-33)48-32-49(56-52(55-48)35-14-6-5-7-15-35)41-21-13-23-45-51(41)43-29-37-17-9-11-19-39(37)31-47(43)54(45,3)4/h5-32H,1-4H3. The Labute approximate surface area is 328 Å². The van der Waals surface area contributed by atoms with E-state index in [0.717, 1.165) is 33.9 Å². The van der Waals surface area contributed by atoms with Crippen molar-refractivity contribution in [3.8, 4) is 67.3 Å². The molecule has 0 atom stereocenters. The van der Waals surface area contributed by atoms with E-state index in [1.165, 1.54) is 77.2 Å². The summed E-state index contributed by atoms with van der Waals surface area (Å²) in [6, 6.07) is 62.1. The molecule has 0 unspecified atom stereocenters. The molecule has 2 aliphatic carbocycles. The van der Waals surface area contributed by atoms with Crippen molar-refractivity contribution in [3.63, 3.8) is 0 Å². The first-order valence-corrected chi connectivity index (χ1v) is 19.7. The van der Waals surface area contributed by atoms with E-state index in [2.05, 4.69) is 191 Å². The zero-order valence-corrected chi connectivity index (χ0v) is 32.1. The zero-order chi connectivity index (χ0) is 37.8. The van der Waals surface area contributed by atoms with E-state index >= 15 is 0 Å². The molecule has 0 amide bonds. The molecule has 0 saturated heterocycles. The van der Waals surface area contributed by atoms with Crippen molar-refractivity contribution < 1.29 is 0 Å². The summed E-state index contributed by atoms with van der Waals surface area (Å²) in [5, 5.41) is 5.09. The molecule has 2 aliphatic rings. The van der Waals surface area contributed by atoms with Gasteiger partial charge in [0.15, 0.2) is 5.82 Å². The fourth-order valence-corrected chi connectivity index (χ4v) is 9.67. The van der Waals surface area contributed by atoms with Crippen LogP contribution in [0.5, 0.6) is 0 Å². The second kappa shape index (κ2) is 11.9. The molecule has 2 heteroatoms. The summed E-state index contributed by atoms with van der Waals surface area (Å²) in [5.41, 5.74) is 18.0. The molecule has 56 heavy (non-hydrogen) atoms. The lowest BCUT2D eigenvalue weighted by atomic mass is 9.81. The number of rotatable bonds is 4.